The quantitative estimate of drug-likeness (QED) is 0.421. The fourth-order valence-corrected chi connectivity index (χ4v) is 10.9. The Kier molecular flexibility index (Phi) is 4.90. The van der Waals surface area contributed by atoms with Crippen LogP contribution in [-0.2, 0) is 6.16 Å². The van der Waals surface area contributed by atoms with Crippen LogP contribution in [0.4, 0.5) is 0 Å². The van der Waals surface area contributed by atoms with E-state index in [1.54, 1.807) is 0 Å². The van der Waals surface area contributed by atoms with Gasteiger partial charge in [0.25, 0.3) is 0 Å². The molecule has 1 heterocycles. The van der Waals surface area contributed by atoms with E-state index in [-0.39, 0.29) is 0 Å². The molecular formula is C23H20BrN2P. The van der Waals surface area contributed by atoms with Crippen LogP contribution in [0.15, 0.2) is 109 Å². The molecule has 0 N–H and O–H groups in total. The summed E-state index contributed by atoms with van der Waals surface area (Å²) >= 11 is 4.40. The zero-order chi connectivity index (χ0) is 18.6. The molecule has 4 aromatic rings. The van der Waals surface area contributed by atoms with Crippen molar-refractivity contribution >= 4 is 36.7 Å². The van der Waals surface area contributed by atoms with Crippen molar-refractivity contribution in [2.45, 2.75) is 6.16 Å². The van der Waals surface area contributed by atoms with Gasteiger partial charge in [-0.1, -0.05) is 0 Å². The Morgan fingerprint density at radius 1 is 0.556 bits per heavy atom. The second-order valence-electron chi connectivity index (χ2n) is 6.51. The van der Waals surface area contributed by atoms with Crippen molar-refractivity contribution in [2.75, 3.05) is 0 Å². The summed E-state index contributed by atoms with van der Waals surface area (Å²) in [5, 5.41) is 0.824. The average molecular weight is 435 g/mol. The van der Waals surface area contributed by atoms with E-state index in [1.165, 1.54) is 15.9 Å². The first-order chi connectivity index (χ1) is 13.2. The van der Waals surface area contributed by atoms with Gasteiger partial charge >= 0.3 is 168 Å². The van der Waals surface area contributed by atoms with Crippen molar-refractivity contribution in [3.05, 3.63) is 115 Å². The summed E-state index contributed by atoms with van der Waals surface area (Å²) < 4.78 is 0. The zero-order valence-electron chi connectivity index (χ0n) is 14.8. The van der Waals surface area contributed by atoms with Gasteiger partial charge in [-0.2, -0.15) is 0 Å². The van der Waals surface area contributed by atoms with E-state index in [0.29, 0.717) is 6.16 Å². The van der Waals surface area contributed by atoms with Crippen LogP contribution in [0, 0.1) is 0 Å². The topological polar surface area (TPSA) is 25.8 Å². The molecule has 0 bridgehead atoms. The average Bonchev–Trinajstić information content (AvgIpc) is 2.76. The van der Waals surface area contributed by atoms with Crippen molar-refractivity contribution in [2.24, 2.45) is 0 Å². The van der Waals surface area contributed by atoms with Crippen LogP contribution in [0.25, 0.3) is 0 Å². The van der Waals surface area contributed by atoms with Crippen LogP contribution in [0.1, 0.15) is 5.82 Å². The van der Waals surface area contributed by atoms with E-state index >= 15 is 0 Å². The van der Waals surface area contributed by atoms with Gasteiger partial charge in [0, 0.05) is 0 Å². The Morgan fingerprint density at radius 3 is 1.30 bits per heavy atom. The van der Waals surface area contributed by atoms with E-state index in [9.17, 15) is 0 Å². The van der Waals surface area contributed by atoms with Gasteiger partial charge in [0.05, 0.1) is 0 Å². The first-order valence-corrected chi connectivity index (χ1v) is 13.3. The second-order valence-corrected chi connectivity index (χ2v) is 15.4. The van der Waals surface area contributed by atoms with Crippen LogP contribution >= 0.6 is 20.8 Å². The minimum atomic E-state index is -2.99. The molecule has 0 unspecified atom stereocenters. The summed E-state index contributed by atoms with van der Waals surface area (Å²) in [5.74, 6) is 0.837. The summed E-state index contributed by atoms with van der Waals surface area (Å²) in [6.45, 7) is 0. The third-order valence-electron chi connectivity index (χ3n) is 4.94. The third kappa shape index (κ3) is 3.12. The molecule has 0 atom stereocenters. The van der Waals surface area contributed by atoms with Gasteiger partial charge in [0.1, 0.15) is 0 Å². The number of halogens is 1. The molecule has 0 aliphatic carbocycles. The summed E-state index contributed by atoms with van der Waals surface area (Å²) in [6.07, 6.45) is 4.35. The van der Waals surface area contributed by atoms with Gasteiger partial charge in [-0.15, -0.1) is 0 Å². The van der Waals surface area contributed by atoms with Crippen LogP contribution in [0.2, 0.25) is 0 Å². The fraction of sp³-hybridized carbons (Fsp3) is 0.0435. The van der Waals surface area contributed by atoms with Crippen molar-refractivity contribution < 1.29 is 0 Å². The number of aromatic nitrogens is 2. The van der Waals surface area contributed by atoms with E-state index in [2.05, 4.69) is 116 Å². The molecule has 134 valence electrons. The van der Waals surface area contributed by atoms with Gasteiger partial charge in [0.2, 0.25) is 0 Å². The fourth-order valence-electron chi connectivity index (χ4n) is 3.61. The van der Waals surface area contributed by atoms with Crippen molar-refractivity contribution in [3.63, 3.8) is 0 Å². The Labute approximate surface area is 168 Å². The Bertz CT molecular complexity index is 910. The van der Waals surface area contributed by atoms with Gasteiger partial charge in [0.15, 0.2) is 0 Å². The molecular weight excluding hydrogens is 415 g/mol. The van der Waals surface area contributed by atoms with E-state index in [1.807, 2.05) is 18.5 Å². The number of hydrogen-bond acceptors (Lipinski definition) is 2. The molecule has 2 nitrogen and oxygen atoms in total. The van der Waals surface area contributed by atoms with Crippen molar-refractivity contribution in [1.82, 2.24) is 9.97 Å². The monoisotopic (exact) mass is 434 g/mol. The maximum absolute atomic E-state index is 4.58. The van der Waals surface area contributed by atoms with E-state index in [4.69, 9.17) is 0 Å². The zero-order valence-corrected chi connectivity index (χ0v) is 17.3. The third-order valence-corrected chi connectivity index (χ3v) is 14.4. The van der Waals surface area contributed by atoms with Gasteiger partial charge in [-0.3, -0.25) is 0 Å². The number of hydrogen-bond donors (Lipinski definition) is 0. The maximum atomic E-state index is 4.58. The Hall–Kier alpha value is -2.35. The number of nitrogens with zero attached hydrogens (tertiary/aromatic N) is 2. The molecule has 0 saturated heterocycles. The molecule has 0 saturated carbocycles. The normalized spacial score (nSPS) is 12.9. The van der Waals surface area contributed by atoms with Gasteiger partial charge in [-0.05, 0) is 0 Å². The minimum absolute atomic E-state index is 0.713. The van der Waals surface area contributed by atoms with Crippen LogP contribution in [0.5, 0.6) is 0 Å². The molecule has 0 spiro atoms. The molecule has 27 heavy (non-hydrogen) atoms. The summed E-state index contributed by atoms with van der Waals surface area (Å²) in [7, 11) is 0. The van der Waals surface area contributed by atoms with Crippen LogP contribution in [0.3, 0.4) is 0 Å². The number of benzene rings is 3. The van der Waals surface area contributed by atoms with E-state index in [0.717, 1.165) is 5.82 Å². The summed E-state index contributed by atoms with van der Waals surface area (Å²) in [4.78, 5) is 9.15. The standard InChI is InChI=1S/C23H20BrN2P/c24-27(20-11-4-1-5-12-20,21-13-6-2-7-14-21,22-15-8-3-9-16-22)19-23-25-17-10-18-26-23/h1-18H,19H2. The molecule has 0 amide bonds. The molecule has 4 heteroatoms. The van der Waals surface area contributed by atoms with Gasteiger partial charge < -0.3 is 0 Å². The SMILES string of the molecule is BrP(Cc1ncccn1)(c1ccccc1)(c1ccccc1)c1ccccc1. The van der Waals surface area contributed by atoms with Crippen LogP contribution in [-0.4, -0.2) is 9.97 Å². The summed E-state index contributed by atoms with van der Waals surface area (Å²) in [5.41, 5.74) is 0. The first kappa shape index (κ1) is 18.0. The van der Waals surface area contributed by atoms with Gasteiger partial charge in [-0.25, -0.2) is 0 Å². The van der Waals surface area contributed by atoms with Crippen LogP contribution < -0.4 is 15.9 Å². The molecule has 0 fully saturated rings. The summed E-state index contributed by atoms with van der Waals surface area (Å²) in [6, 6.07) is 34.0. The van der Waals surface area contributed by atoms with E-state index < -0.39 is 5.31 Å². The van der Waals surface area contributed by atoms with Crippen molar-refractivity contribution in [1.29, 1.82) is 0 Å². The first-order valence-electron chi connectivity index (χ1n) is 8.87. The molecule has 0 aliphatic heterocycles. The molecule has 0 aliphatic rings. The predicted octanol–water partition coefficient (Wildman–Crippen LogP) is 4.82. The Morgan fingerprint density at radius 2 is 0.926 bits per heavy atom. The number of rotatable bonds is 5. The Balaban J connectivity index is 2.09. The second kappa shape index (κ2) is 7.34. The molecule has 4 rings (SSSR count). The molecule has 3 aromatic carbocycles. The molecule has 1 aromatic heterocycles. The predicted molar refractivity (Wildman–Crippen MR) is 120 cm³/mol. The molecule has 0 radical (unpaired) electrons. The van der Waals surface area contributed by atoms with Crippen molar-refractivity contribution in [3.8, 4) is 0 Å².